The Morgan fingerprint density at radius 2 is 1.65 bits per heavy atom. The predicted octanol–water partition coefficient (Wildman–Crippen LogP) is 0.304. The average molecular weight is 497 g/mol. The van der Waals surface area contributed by atoms with Gasteiger partial charge in [-0.1, -0.05) is 17.7 Å². The summed E-state index contributed by atoms with van der Waals surface area (Å²) in [4.78, 5) is 27.0. The number of nitrogens with one attached hydrogen (secondary N) is 2. The third kappa shape index (κ3) is 6.76. The lowest BCUT2D eigenvalue weighted by Crippen LogP contribution is -2.53. The Hall–Kier alpha value is -2.05. The molecule has 0 bridgehead atoms. The fraction of sp³-hybridized carbons (Fsp3) is 0.652. The first-order chi connectivity index (χ1) is 16.2. The summed E-state index contributed by atoms with van der Waals surface area (Å²) in [7, 11) is -3.84. The first kappa shape index (κ1) is 26.6. The second kappa shape index (κ2) is 12.1. The Balaban J connectivity index is 1.53. The van der Waals surface area contributed by atoms with Crippen LogP contribution in [0, 0.1) is 20.8 Å². The van der Waals surface area contributed by atoms with Gasteiger partial charge in [0.05, 0.1) is 31.3 Å². The van der Waals surface area contributed by atoms with Crippen LogP contribution in [0.25, 0.3) is 0 Å². The number of hydrogen-bond acceptors (Lipinski definition) is 7. The molecule has 2 aliphatic heterocycles. The predicted molar refractivity (Wildman–Crippen MR) is 127 cm³/mol. The van der Waals surface area contributed by atoms with E-state index in [4.69, 9.17) is 9.47 Å². The molecule has 2 N–H and O–H groups in total. The highest BCUT2D eigenvalue weighted by Gasteiger charge is 2.36. The molecule has 190 valence electrons. The van der Waals surface area contributed by atoms with Gasteiger partial charge in [0.2, 0.25) is 10.0 Å². The standard InChI is InChI=1S/C23H36N4O6S/c1-17-14-18(2)21(19(3)15-17)34(30,31)27-8-5-11-33-20(27)16-25-23(29)22(28)24-6-4-7-26-9-12-32-13-10-26/h14-15,20H,4-13,16H2,1-3H3,(H,24,28)(H,25,29)/t20-/m1/s1. The maximum atomic E-state index is 13.5. The normalized spacial score (nSPS) is 20.1. The molecule has 2 aliphatic rings. The zero-order valence-electron chi connectivity index (χ0n) is 20.3. The lowest BCUT2D eigenvalue weighted by atomic mass is 10.1. The average Bonchev–Trinajstić information content (AvgIpc) is 2.80. The molecule has 2 amide bonds. The van der Waals surface area contributed by atoms with Crippen LogP contribution in [0.3, 0.4) is 0 Å². The van der Waals surface area contributed by atoms with Crippen molar-refractivity contribution in [2.24, 2.45) is 0 Å². The molecule has 1 aromatic carbocycles. The number of carbonyl (C=O) groups excluding carboxylic acids is 2. The van der Waals surface area contributed by atoms with Gasteiger partial charge in [-0.25, -0.2) is 8.42 Å². The zero-order chi connectivity index (χ0) is 24.7. The summed E-state index contributed by atoms with van der Waals surface area (Å²) >= 11 is 0. The molecule has 0 radical (unpaired) electrons. The van der Waals surface area contributed by atoms with Crippen molar-refractivity contribution < 1.29 is 27.5 Å². The molecule has 2 saturated heterocycles. The Morgan fingerprint density at radius 1 is 1.00 bits per heavy atom. The summed E-state index contributed by atoms with van der Waals surface area (Å²) in [6, 6.07) is 3.68. The van der Waals surface area contributed by atoms with Crippen molar-refractivity contribution in [3.05, 3.63) is 28.8 Å². The Morgan fingerprint density at radius 3 is 2.32 bits per heavy atom. The number of benzene rings is 1. The van der Waals surface area contributed by atoms with E-state index in [-0.39, 0.29) is 18.0 Å². The van der Waals surface area contributed by atoms with Crippen molar-refractivity contribution in [3.63, 3.8) is 0 Å². The molecule has 3 rings (SSSR count). The van der Waals surface area contributed by atoms with Gasteiger partial charge < -0.3 is 20.1 Å². The molecule has 0 aliphatic carbocycles. The number of sulfonamides is 1. The Kier molecular flexibility index (Phi) is 9.43. The summed E-state index contributed by atoms with van der Waals surface area (Å²) < 4.78 is 39.2. The Labute approximate surface area is 202 Å². The van der Waals surface area contributed by atoms with Crippen molar-refractivity contribution in [1.29, 1.82) is 0 Å². The van der Waals surface area contributed by atoms with Crippen LogP contribution in [0.4, 0.5) is 0 Å². The molecule has 1 atom stereocenters. The van der Waals surface area contributed by atoms with E-state index >= 15 is 0 Å². The van der Waals surface area contributed by atoms with E-state index in [0.29, 0.717) is 43.9 Å². The van der Waals surface area contributed by atoms with Crippen molar-refractivity contribution >= 4 is 21.8 Å². The van der Waals surface area contributed by atoms with E-state index < -0.39 is 28.1 Å². The summed E-state index contributed by atoms with van der Waals surface area (Å²) in [6.45, 7) is 10.4. The van der Waals surface area contributed by atoms with Crippen LogP contribution >= 0.6 is 0 Å². The number of carbonyl (C=O) groups is 2. The zero-order valence-corrected chi connectivity index (χ0v) is 21.1. The fourth-order valence-electron chi connectivity index (χ4n) is 4.46. The number of rotatable bonds is 8. The number of aryl methyl sites for hydroxylation is 3. The minimum Gasteiger partial charge on any atom is -0.379 e. The highest BCUT2D eigenvalue weighted by molar-refractivity contribution is 7.89. The third-order valence-corrected chi connectivity index (χ3v) is 8.20. The van der Waals surface area contributed by atoms with Gasteiger partial charge in [0.15, 0.2) is 0 Å². The lowest BCUT2D eigenvalue weighted by Gasteiger charge is -2.35. The SMILES string of the molecule is Cc1cc(C)c(S(=O)(=O)N2CCCO[C@@H]2CNC(=O)C(=O)NCCCN2CCOCC2)c(C)c1. The van der Waals surface area contributed by atoms with Gasteiger partial charge in [0.1, 0.15) is 6.23 Å². The maximum Gasteiger partial charge on any atom is 0.309 e. The van der Waals surface area contributed by atoms with Crippen molar-refractivity contribution in [2.45, 2.75) is 44.7 Å². The van der Waals surface area contributed by atoms with E-state index in [1.165, 1.54) is 4.31 Å². The van der Waals surface area contributed by atoms with Crippen LogP contribution in [0.15, 0.2) is 17.0 Å². The minimum atomic E-state index is -3.84. The second-order valence-electron chi connectivity index (χ2n) is 8.80. The molecular formula is C23H36N4O6S. The van der Waals surface area contributed by atoms with Crippen LogP contribution < -0.4 is 10.6 Å². The van der Waals surface area contributed by atoms with Crippen LogP contribution in [-0.2, 0) is 29.1 Å². The van der Waals surface area contributed by atoms with E-state index in [0.717, 1.165) is 31.6 Å². The number of morpholine rings is 1. The molecule has 0 unspecified atom stereocenters. The quantitative estimate of drug-likeness (QED) is 0.393. The highest BCUT2D eigenvalue weighted by atomic mass is 32.2. The minimum absolute atomic E-state index is 0.108. The monoisotopic (exact) mass is 496 g/mol. The molecule has 2 fully saturated rings. The van der Waals surface area contributed by atoms with Crippen molar-refractivity contribution in [2.75, 3.05) is 59.1 Å². The van der Waals surface area contributed by atoms with E-state index in [1.807, 2.05) is 19.1 Å². The molecule has 2 heterocycles. The van der Waals surface area contributed by atoms with E-state index in [2.05, 4.69) is 15.5 Å². The smallest absolute Gasteiger partial charge is 0.309 e. The fourth-order valence-corrected chi connectivity index (χ4v) is 6.44. The van der Waals surface area contributed by atoms with Crippen LogP contribution in [0.1, 0.15) is 29.5 Å². The molecular weight excluding hydrogens is 460 g/mol. The first-order valence-corrected chi connectivity index (χ1v) is 13.2. The topological polar surface area (TPSA) is 117 Å². The summed E-state index contributed by atoms with van der Waals surface area (Å²) in [6.07, 6.45) is 0.403. The van der Waals surface area contributed by atoms with Crippen LogP contribution in [0.5, 0.6) is 0 Å². The molecule has 1 aromatic rings. The van der Waals surface area contributed by atoms with Crippen molar-refractivity contribution in [3.8, 4) is 0 Å². The second-order valence-corrected chi connectivity index (χ2v) is 10.6. The largest absolute Gasteiger partial charge is 0.379 e. The molecule has 10 nitrogen and oxygen atoms in total. The molecule has 34 heavy (non-hydrogen) atoms. The van der Waals surface area contributed by atoms with Gasteiger partial charge in [-0.2, -0.15) is 4.31 Å². The van der Waals surface area contributed by atoms with Crippen molar-refractivity contribution in [1.82, 2.24) is 19.8 Å². The molecule has 0 spiro atoms. The number of ether oxygens (including phenoxy) is 2. The van der Waals surface area contributed by atoms with Gasteiger partial charge in [0.25, 0.3) is 0 Å². The highest BCUT2D eigenvalue weighted by Crippen LogP contribution is 2.28. The van der Waals surface area contributed by atoms with Gasteiger partial charge >= 0.3 is 11.8 Å². The van der Waals surface area contributed by atoms with Crippen LogP contribution in [-0.4, -0.2) is 94.8 Å². The summed E-state index contributed by atoms with van der Waals surface area (Å²) in [5, 5.41) is 5.14. The number of nitrogens with zero attached hydrogens (tertiary/aromatic N) is 2. The summed E-state index contributed by atoms with van der Waals surface area (Å²) in [5.74, 6) is -1.54. The lowest BCUT2D eigenvalue weighted by molar-refractivity contribution is -0.140. The maximum absolute atomic E-state index is 13.5. The third-order valence-electron chi connectivity index (χ3n) is 6.01. The first-order valence-electron chi connectivity index (χ1n) is 11.8. The van der Waals surface area contributed by atoms with Gasteiger partial charge in [-0.15, -0.1) is 0 Å². The molecule has 0 saturated carbocycles. The van der Waals surface area contributed by atoms with E-state index in [1.54, 1.807) is 13.8 Å². The summed E-state index contributed by atoms with van der Waals surface area (Å²) in [5.41, 5.74) is 2.33. The van der Waals surface area contributed by atoms with Gasteiger partial charge in [-0.3, -0.25) is 14.5 Å². The molecule has 11 heteroatoms. The van der Waals surface area contributed by atoms with Gasteiger partial charge in [0, 0.05) is 26.2 Å². The van der Waals surface area contributed by atoms with Crippen LogP contribution in [0.2, 0.25) is 0 Å². The number of hydrogen-bond donors (Lipinski definition) is 2. The van der Waals surface area contributed by atoms with E-state index in [9.17, 15) is 18.0 Å². The number of amides is 2. The van der Waals surface area contributed by atoms with Gasteiger partial charge in [-0.05, 0) is 51.3 Å². The molecule has 0 aromatic heterocycles. The Bertz CT molecular complexity index is 955.